The molecule has 0 aliphatic carbocycles. The van der Waals surface area contributed by atoms with Crippen LogP contribution in [0.3, 0.4) is 0 Å². The topological polar surface area (TPSA) is 97.1 Å². The number of carbonyl (C=O) groups is 2. The molecule has 0 radical (unpaired) electrons. The number of ether oxygens (including phenoxy) is 4. The van der Waals surface area contributed by atoms with Crippen molar-refractivity contribution in [1.29, 1.82) is 0 Å². The van der Waals surface area contributed by atoms with E-state index in [9.17, 15) is 9.59 Å². The molecule has 0 saturated carbocycles. The summed E-state index contributed by atoms with van der Waals surface area (Å²) in [5.74, 6) is 1.09. The van der Waals surface area contributed by atoms with Gasteiger partial charge in [-0.1, -0.05) is 51.3 Å². The van der Waals surface area contributed by atoms with Crippen molar-refractivity contribution in [3.05, 3.63) is 85.0 Å². The van der Waals surface area contributed by atoms with E-state index in [1.54, 1.807) is 34.6 Å². The highest BCUT2D eigenvalue weighted by Crippen LogP contribution is 2.34. The first-order valence-corrected chi connectivity index (χ1v) is 14.7. The maximum Gasteiger partial charge on any atom is 0.186 e. The van der Waals surface area contributed by atoms with E-state index in [1.165, 1.54) is 12.2 Å². The second-order valence-corrected chi connectivity index (χ2v) is 13.3. The van der Waals surface area contributed by atoms with E-state index in [4.69, 9.17) is 24.7 Å². The number of hydrogen-bond donors (Lipinski definition) is 1. The molecule has 0 aliphatic heterocycles. The van der Waals surface area contributed by atoms with Crippen molar-refractivity contribution in [2.75, 3.05) is 13.2 Å². The molecule has 236 valence electrons. The smallest absolute Gasteiger partial charge is 0.186 e. The highest BCUT2D eigenvalue weighted by Gasteiger charge is 2.30. The van der Waals surface area contributed by atoms with Crippen molar-refractivity contribution in [2.45, 2.75) is 103 Å². The lowest BCUT2D eigenvalue weighted by molar-refractivity contribution is -0.136. The van der Waals surface area contributed by atoms with Gasteiger partial charge in [0.2, 0.25) is 0 Å². The highest BCUT2D eigenvalue weighted by molar-refractivity contribution is 5.96. The molecule has 0 heterocycles. The molecule has 1 atom stereocenters. The van der Waals surface area contributed by atoms with Crippen LogP contribution in [0.5, 0.6) is 11.5 Å². The zero-order valence-corrected chi connectivity index (χ0v) is 27.5. The third-order valence-corrected chi connectivity index (χ3v) is 7.68. The first-order chi connectivity index (χ1) is 19.7. The summed E-state index contributed by atoms with van der Waals surface area (Å²) in [6.45, 7) is 24.8. The largest absolute Gasteiger partial charge is 0.488 e. The molecule has 0 bridgehead atoms. The minimum absolute atomic E-state index is 0.145. The van der Waals surface area contributed by atoms with Gasteiger partial charge in [-0.05, 0) is 96.0 Å². The Bertz CT molecular complexity index is 1160. The Kier molecular flexibility index (Phi) is 11.7. The molecule has 7 heteroatoms. The highest BCUT2D eigenvalue weighted by atomic mass is 16.5. The van der Waals surface area contributed by atoms with E-state index < -0.39 is 22.5 Å². The van der Waals surface area contributed by atoms with E-state index in [-0.39, 0.29) is 23.6 Å². The Morgan fingerprint density at radius 2 is 1.02 bits per heavy atom. The summed E-state index contributed by atoms with van der Waals surface area (Å²) in [5.41, 5.74) is 5.05. The molecule has 0 amide bonds. The Morgan fingerprint density at radius 1 is 0.651 bits per heavy atom. The molecule has 2 rings (SSSR count). The predicted octanol–water partition coefficient (Wildman–Crippen LogP) is 7.10. The lowest BCUT2D eigenvalue weighted by atomic mass is 9.78. The van der Waals surface area contributed by atoms with Gasteiger partial charge in [-0.2, -0.15) is 0 Å². The van der Waals surface area contributed by atoms with Crippen molar-refractivity contribution in [3.63, 3.8) is 0 Å². The van der Waals surface area contributed by atoms with Crippen LogP contribution in [0.1, 0.15) is 86.3 Å². The van der Waals surface area contributed by atoms with Crippen LogP contribution in [0.25, 0.3) is 0 Å². The third kappa shape index (κ3) is 10.4. The summed E-state index contributed by atoms with van der Waals surface area (Å²) in [6, 6.07) is 16.0. The maximum atomic E-state index is 12.0. The summed E-state index contributed by atoms with van der Waals surface area (Å²) < 4.78 is 23.9. The number of nitrogens with two attached hydrogens (primary N) is 1. The van der Waals surface area contributed by atoms with E-state index >= 15 is 0 Å². The van der Waals surface area contributed by atoms with E-state index in [0.717, 1.165) is 16.9 Å². The van der Waals surface area contributed by atoms with Gasteiger partial charge in [0.1, 0.15) is 28.3 Å². The van der Waals surface area contributed by atoms with Crippen LogP contribution in [0.4, 0.5) is 0 Å². The van der Waals surface area contributed by atoms with Gasteiger partial charge in [-0.3, -0.25) is 15.3 Å². The van der Waals surface area contributed by atoms with Gasteiger partial charge in [-0.15, -0.1) is 0 Å². The van der Waals surface area contributed by atoms with Crippen LogP contribution in [0.15, 0.2) is 73.8 Å². The molecule has 2 N–H and O–H groups in total. The number of carbonyl (C=O) groups excluding carboxylic acids is 2. The Labute approximate surface area is 258 Å². The van der Waals surface area contributed by atoms with Gasteiger partial charge >= 0.3 is 0 Å². The van der Waals surface area contributed by atoms with E-state index in [1.807, 2.05) is 50.2 Å². The number of ketones is 2. The Balaban J connectivity index is 1.99. The van der Waals surface area contributed by atoms with Gasteiger partial charge in [0.05, 0.1) is 13.2 Å². The molecule has 0 saturated heterocycles. The van der Waals surface area contributed by atoms with Crippen LogP contribution in [-0.2, 0) is 24.5 Å². The number of rotatable bonds is 18. The normalized spacial score (nSPS) is 14.0. The van der Waals surface area contributed by atoms with Crippen molar-refractivity contribution in [2.24, 2.45) is 5.73 Å². The summed E-state index contributed by atoms with van der Waals surface area (Å²) in [7, 11) is 0. The van der Waals surface area contributed by atoms with Crippen LogP contribution in [-0.4, -0.2) is 47.3 Å². The summed E-state index contributed by atoms with van der Waals surface area (Å²) >= 11 is 0. The fourth-order valence-corrected chi connectivity index (χ4v) is 4.43. The first kappa shape index (κ1) is 35.9. The van der Waals surface area contributed by atoms with Crippen LogP contribution < -0.4 is 15.2 Å². The van der Waals surface area contributed by atoms with E-state index in [0.29, 0.717) is 25.2 Å². The van der Waals surface area contributed by atoms with Crippen molar-refractivity contribution in [3.8, 4) is 11.5 Å². The van der Waals surface area contributed by atoms with Gasteiger partial charge in [-0.25, -0.2) is 0 Å². The molecule has 43 heavy (non-hydrogen) atoms. The average Bonchev–Trinajstić information content (AvgIpc) is 2.91. The molecule has 2 aromatic rings. The quantitative estimate of drug-likeness (QED) is 0.145. The van der Waals surface area contributed by atoms with Crippen molar-refractivity contribution < 1.29 is 28.5 Å². The average molecular weight is 594 g/mol. The lowest BCUT2D eigenvalue weighted by Crippen LogP contribution is -2.45. The van der Waals surface area contributed by atoms with Crippen LogP contribution in [0, 0.1) is 0 Å². The summed E-state index contributed by atoms with van der Waals surface area (Å²) in [5, 5.41) is 0. The van der Waals surface area contributed by atoms with Gasteiger partial charge in [0.25, 0.3) is 0 Å². The molecule has 0 spiro atoms. The predicted molar refractivity (Wildman–Crippen MR) is 173 cm³/mol. The summed E-state index contributed by atoms with van der Waals surface area (Å²) in [6.07, 6.45) is 3.57. The zero-order valence-electron chi connectivity index (χ0n) is 27.5. The van der Waals surface area contributed by atoms with Gasteiger partial charge < -0.3 is 18.9 Å². The fourth-order valence-electron chi connectivity index (χ4n) is 4.43. The van der Waals surface area contributed by atoms with Crippen molar-refractivity contribution >= 4 is 11.6 Å². The molecule has 7 nitrogen and oxygen atoms in total. The van der Waals surface area contributed by atoms with Gasteiger partial charge in [0.15, 0.2) is 17.3 Å². The Morgan fingerprint density at radius 3 is 1.42 bits per heavy atom. The minimum Gasteiger partial charge on any atom is -0.488 e. The molecule has 0 aromatic heterocycles. The standard InChI is InChI=1S/C36H51NO6/c1-12-30(38)34(7,8)40-24-22-32(3,4)42-28-18-14-26(15-19-28)33(5,6)27-16-20-29(21-17-27)43-36(11,37)23-25-41-35(9,10)31(39)13-2/h12-21H,1-2,22-25,37H2,3-11H3. The SMILES string of the molecule is C=CC(=O)C(C)(C)OCCC(C)(C)Oc1ccc(C(C)(C)c2ccc(OC(C)(N)CCOC(C)(C)C(=O)C=C)cc2)cc1. The molecular weight excluding hydrogens is 542 g/mol. The summed E-state index contributed by atoms with van der Waals surface area (Å²) in [4.78, 5) is 23.9. The van der Waals surface area contributed by atoms with Gasteiger partial charge in [0, 0.05) is 18.3 Å². The fraction of sp³-hybridized carbons (Fsp3) is 0.500. The minimum atomic E-state index is -0.973. The van der Waals surface area contributed by atoms with Crippen LogP contribution in [0.2, 0.25) is 0 Å². The monoisotopic (exact) mass is 593 g/mol. The zero-order chi connectivity index (χ0) is 32.7. The lowest BCUT2D eigenvalue weighted by Gasteiger charge is -2.30. The molecule has 0 fully saturated rings. The number of benzene rings is 2. The second-order valence-electron chi connectivity index (χ2n) is 13.3. The third-order valence-electron chi connectivity index (χ3n) is 7.68. The maximum absolute atomic E-state index is 12.0. The molecule has 2 aromatic carbocycles. The Hall–Kier alpha value is -3.26. The number of hydrogen-bond acceptors (Lipinski definition) is 7. The first-order valence-electron chi connectivity index (χ1n) is 14.7. The van der Waals surface area contributed by atoms with E-state index in [2.05, 4.69) is 39.1 Å². The molecule has 0 aliphatic rings. The van der Waals surface area contributed by atoms with Crippen molar-refractivity contribution in [1.82, 2.24) is 0 Å². The second kappa shape index (κ2) is 14.0. The van der Waals surface area contributed by atoms with Crippen LogP contribution >= 0.6 is 0 Å². The molecule has 1 unspecified atom stereocenters. The molecular formula is C36H51NO6.